The van der Waals surface area contributed by atoms with E-state index >= 15 is 0 Å². The third-order valence-electron chi connectivity index (χ3n) is 6.38. The molecule has 2 atom stereocenters. The van der Waals surface area contributed by atoms with E-state index < -0.39 is 0 Å². The van der Waals surface area contributed by atoms with Crippen molar-refractivity contribution in [2.24, 2.45) is 23.5 Å². The molecule has 1 heterocycles. The van der Waals surface area contributed by atoms with Gasteiger partial charge in [0, 0.05) is 29.6 Å². The fourth-order valence-electron chi connectivity index (χ4n) is 4.77. The summed E-state index contributed by atoms with van der Waals surface area (Å²) in [5.74, 6) is 2.58. The summed E-state index contributed by atoms with van der Waals surface area (Å²) in [5.41, 5.74) is 8.78. The lowest BCUT2D eigenvalue weighted by Crippen LogP contribution is -2.48. The van der Waals surface area contributed by atoms with Crippen LogP contribution in [0.15, 0.2) is 22.6 Å². The molecule has 2 unspecified atom stereocenters. The summed E-state index contributed by atoms with van der Waals surface area (Å²) in [7, 11) is 0. The van der Waals surface area contributed by atoms with Crippen LogP contribution in [-0.2, 0) is 4.79 Å². The summed E-state index contributed by atoms with van der Waals surface area (Å²) in [5, 5.41) is 3.09. The Hall–Kier alpha value is -1.88. The number of benzene rings is 1. The number of carbonyl (C=O) groups is 1. The number of hydrogen-bond acceptors (Lipinski definition) is 4. The molecule has 3 N–H and O–H groups in total. The number of anilines is 1. The van der Waals surface area contributed by atoms with Gasteiger partial charge in [-0.05, 0) is 62.5 Å². The minimum absolute atomic E-state index is 0.0857. The van der Waals surface area contributed by atoms with Gasteiger partial charge < -0.3 is 15.5 Å². The monoisotopic (exact) mass is 339 g/mol. The molecule has 0 aliphatic heterocycles. The summed E-state index contributed by atoms with van der Waals surface area (Å²) >= 11 is 0. The molecule has 0 spiro atoms. The van der Waals surface area contributed by atoms with Crippen molar-refractivity contribution in [3.8, 4) is 0 Å². The molecule has 5 heteroatoms. The molecule has 3 fully saturated rings. The molecule has 0 radical (unpaired) electrons. The van der Waals surface area contributed by atoms with Gasteiger partial charge in [-0.3, -0.25) is 4.79 Å². The Balaban J connectivity index is 1.31. The first-order valence-corrected chi connectivity index (χ1v) is 9.64. The largest absolute Gasteiger partial charge is 0.440 e. The fourth-order valence-corrected chi connectivity index (χ4v) is 4.77. The van der Waals surface area contributed by atoms with E-state index in [1.165, 1.54) is 32.1 Å². The Kier molecular flexibility index (Phi) is 3.59. The van der Waals surface area contributed by atoms with Gasteiger partial charge in [0.2, 0.25) is 5.91 Å². The predicted molar refractivity (Wildman–Crippen MR) is 96.1 cm³/mol. The lowest BCUT2D eigenvalue weighted by atomic mass is 9.65. The van der Waals surface area contributed by atoms with Gasteiger partial charge in [0.1, 0.15) is 5.52 Å². The van der Waals surface area contributed by atoms with Crippen LogP contribution in [0.2, 0.25) is 0 Å². The quantitative estimate of drug-likeness (QED) is 0.891. The lowest BCUT2D eigenvalue weighted by Gasteiger charge is -2.43. The second-order valence-electron chi connectivity index (χ2n) is 8.19. The number of nitrogens with one attached hydrogen (secondary N) is 1. The molecule has 3 aliphatic carbocycles. The minimum Gasteiger partial charge on any atom is -0.440 e. The minimum atomic E-state index is 0.0857. The van der Waals surface area contributed by atoms with E-state index in [1.807, 2.05) is 18.2 Å². The maximum atomic E-state index is 12.8. The van der Waals surface area contributed by atoms with Crippen LogP contribution in [0.25, 0.3) is 11.1 Å². The highest BCUT2D eigenvalue weighted by molar-refractivity contribution is 5.94. The Morgan fingerprint density at radius 1 is 1.16 bits per heavy atom. The van der Waals surface area contributed by atoms with Crippen molar-refractivity contribution < 1.29 is 9.21 Å². The molecular weight excluding hydrogens is 314 g/mol. The van der Waals surface area contributed by atoms with E-state index in [-0.39, 0.29) is 11.8 Å². The molecule has 132 valence electrons. The highest BCUT2D eigenvalue weighted by Crippen LogP contribution is 2.43. The predicted octanol–water partition coefficient (Wildman–Crippen LogP) is 3.80. The zero-order valence-electron chi connectivity index (χ0n) is 14.4. The second-order valence-corrected chi connectivity index (χ2v) is 8.19. The van der Waals surface area contributed by atoms with Crippen molar-refractivity contribution in [2.45, 2.75) is 56.9 Å². The number of rotatable bonds is 3. The van der Waals surface area contributed by atoms with Gasteiger partial charge >= 0.3 is 0 Å². The van der Waals surface area contributed by atoms with E-state index in [1.54, 1.807) is 0 Å². The molecule has 3 saturated carbocycles. The Morgan fingerprint density at radius 2 is 1.92 bits per heavy atom. The van der Waals surface area contributed by atoms with Crippen LogP contribution in [0.4, 0.5) is 5.69 Å². The summed E-state index contributed by atoms with van der Waals surface area (Å²) < 4.78 is 5.86. The van der Waals surface area contributed by atoms with Gasteiger partial charge in [-0.1, -0.05) is 6.42 Å². The van der Waals surface area contributed by atoms with E-state index in [2.05, 4.69) is 10.3 Å². The third-order valence-corrected chi connectivity index (χ3v) is 6.38. The summed E-state index contributed by atoms with van der Waals surface area (Å²) in [6, 6.07) is 6.06. The first kappa shape index (κ1) is 15.4. The molecule has 3 aliphatic rings. The standard InChI is InChI=1S/C20H25N3O2/c21-18-12-2-1-3-13(18)9-14(8-12)19(24)22-15-6-7-16-17(10-15)25-20(23-16)11-4-5-11/h6-7,10-14,18H,1-5,8-9,21H2,(H,22,24). The highest BCUT2D eigenvalue weighted by atomic mass is 16.3. The topological polar surface area (TPSA) is 81.2 Å². The van der Waals surface area contributed by atoms with Crippen molar-refractivity contribution in [2.75, 3.05) is 5.32 Å². The van der Waals surface area contributed by atoms with Crippen molar-refractivity contribution >= 4 is 22.7 Å². The van der Waals surface area contributed by atoms with Crippen molar-refractivity contribution in [3.63, 3.8) is 0 Å². The van der Waals surface area contributed by atoms with Gasteiger partial charge in [0.25, 0.3) is 0 Å². The average Bonchev–Trinajstić information content (AvgIpc) is 3.34. The molecule has 1 aromatic carbocycles. The van der Waals surface area contributed by atoms with Crippen molar-refractivity contribution in [1.82, 2.24) is 4.98 Å². The third kappa shape index (κ3) is 2.84. The highest BCUT2D eigenvalue weighted by Gasteiger charge is 2.40. The summed E-state index contributed by atoms with van der Waals surface area (Å²) in [6.45, 7) is 0. The Labute approximate surface area is 147 Å². The molecule has 2 aromatic rings. The molecule has 5 nitrogen and oxygen atoms in total. The van der Waals surface area contributed by atoms with E-state index in [0.29, 0.717) is 23.8 Å². The molecule has 2 bridgehead atoms. The van der Waals surface area contributed by atoms with Crippen LogP contribution in [0.5, 0.6) is 0 Å². The van der Waals surface area contributed by atoms with Crippen LogP contribution in [0.3, 0.4) is 0 Å². The molecule has 5 rings (SSSR count). The van der Waals surface area contributed by atoms with E-state index in [4.69, 9.17) is 10.2 Å². The van der Waals surface area contributed by atoms with Crippen molar-refractivity contribution in [3.05, 3.63) is 24.1 Å². The number of nitrogens with zero attached hydrogens (tertiary/aromatic N) is 1. The Bertz CT molecular complexity index is 796. The number of fused-ring (bicyclic) bond motifs is 3. The maximum Gasteiger partial charge on any atom is 0.227 e. The molecule has 1 aromatic heterocycles. The van der Waals surface area contributed by atoms with Gasteiger partial charge in [-0.15, -0.1) is 0 Å². The van der Waals surface area contributed by atoms with E-state index in [0.717, 1.165) is 35.5 Å². The number of amides is 1. The summed E-state index contributed by atoms with van der Waals surface area (Å²) in [6.07, 6.45) is 7.82. The molecule has 1 amide bonds. The number of hydrogen-bond donors (Lipinski definition) is 2. The first-order valence-electron chi connectivity index (χ1n) is 9.64. The van der Waals surface area contributed by atoms with Crippen LogP contribution < -0.4 is 11.1 Å². The van der Waals surface area contributed by atoms with Crippen molar-refractivity contribution in [1.29, 1.82) is 0 Å². The van der Waals surface area contributed by atoms with Crippen LogP contribution in [0.1, 0.15) is 56.8 Å². The molecule has 0 saturated heterocycles. The average molecular weight is 339 g/mol. The van der Waals surface area contributed by atoms with Gasteiger partial charge in [-0.2, -0.15) is 0 Å². The van der Waals surface area contributed by atoms with Gasteiger partial charge in [0.15, 0.2) is 11.5 Å². The zero-order chi connectivity index (χ0) is 17.0. The van der Waals surface area contributed by atoms with Gasteiger partial charge in [-0.25, -0.2) is 4.98 Å². The van der Waals surface area contributed by atoms with Gasteiger partial charge in [0.05, 0.1) is 0 Å². The first-order chi connectivity index (χ1) is 12.2. The van der Waals surface area contributed by atoms with Crippen LogP contribution in [-0.4, -0.2) is 16.9 Å². The number of oxazole rings is 1. The number of aromatic nitrogens is 1. The summed E-state index contributed by atoms with van der Waals surface area (Å²) in [4.78, 5) is 17.3. The number of nitrogens with two attached hydrogens (primary N) is 1. The lowest BCUT2D eigenvalue weighted by molar-refractivity contribution is -0.122. The van der Waals surface area contributed by atoms with E-state index in [9.17, 15) is 4.79 Å². The zero-order valence-corrected chi connectivity index (χ0v) is 14.4. The second kappa shape index (κ2) is 5.84. The fraction of sp³-hybridized carbons (Fsp3) is 0.600. The number of carbonyl (C=O) groups excluding carboxylic acids is 1. The molecular formula is C20H25N3O2. The smallest absolute Gasteiger partial charge is 0.227 e. The Morgan fingerprint density at radius 3 is 2.64 bits per heavy atom. The van der Waals surface area contributed by atoms with Crippen LogP contribution in [0, 0.1) is 17.8 Å². The maximum absolute atomic E-state index is 12.8. The van der Waals surface area contributed by atoms with Crippen LogP contribution >= 0.6 is 0 Å². The normalized spacial score (nSPS) is 31.9. The molecule has 25 heavy (non-hydrogen) atoms. The SMILES string of the molecule is NC1C2CCCC1CC(C(=O)Nc1ccc3nc(C4CC4)oc3c1)C2.